The van der Waals surface area contributed by atoms with Crippen molar-refractivity contribution < 1.29 is 9.90 Å². The molecule has 1 heterocycles. The Bertz CT molecular complexity index is 792. The second-order valence-electron chi connectivity index (χ2n) is 7.90. The summed E-state index contributed by atoms with van der Waals surface area (Å²) in [6.07, 6.45) is 4.06. The average Bonchev–Trinajstić information content (AvgIpc) is 2.66. The first-order chi connectivity index (χ1) is 12.6. The van der Waals surface area contributed by atoms with Gasteiger partial charge in [-0.15, -0.1) is 0 Å². The van der Waals surface area contributed by atoms with E-state index in [1.807, 2.05) is 42.5 Å². The molecule has 2 N–H and O–H groups in total. The molecule has 2 bridgehead atoms. The average molecular weight is 350 g/mol. The zero-order valence-electron chi connectivity index (χ0n) is 15.2. The number of carbonyl (C=O) groups is 1. The summed E-state index contributed by atoms with van der Waals surface area (Å²) in [5, 5.41) is 13.2. The third-order valence-corrected chi connectivity index (χ3v) is 6.22. The molecule has 2 unspecified atom stereocenters. The number of fused-ring (bicyclic) bond motifs is 2. The maximum atomic E-state index is 12.6. The molecule has 1 saturated carbocycles. The zero-order valence-corrected chi connectivity index (χ0v) is 15.2. The van der Waals surface area contributed by atoms with Gasteiger partial charge in [-0.2, -0.15) is 0 Å². The summed E-state index contributed by atoms with van der Waals surface area (Å²) in [5.41, 5.74) is 1.94. The fourth-order valence-electron chi connectivity index (χ4n) is 4.80. The lowest BCUT2D eigenvalue weighted by atomic mass is 9.62. The highest BCUT2D eigenvalue weighted by molar-refractivity contribution is 5.94. The first-order valence-electron chi connectivity index (χ1n) is 9.41. The molecule has 2 fully saturated rings. The van der Waals surface area contributed by atoms with E-state index in [9.17, 15) is 9.90 Å². The number of piperidine rings is 1. The normalized spacial score (nSPS) is 28.5. The van der Waals surface area contributed by atoms with Gasteiger partial charge < -0.3 is 15.3 Å². The molecule has 26 heavy (non-hydrogen) atoms. The molecule has 3 atom stereocenters. The van der Waals surface area contributed by atoms with Crippen LogP contribution in [0.2, 0.25) is 0 Å². The lowest BCUT2D eigenvalue weighted by Gasteiger charge is -2.52. The first kappa shape index (κ1) is 17.1. The number of carbonyl (C=O) groups excluding carboxylic acids is 1. The minimum Gasteiger partial charge on any atom is -0.508 e. The first-order valence-corrected chi connectivity index (χ1v) is 9.41. The van der Waals surface area contributed by atoms with Crippen molar-refractivity contribution in [3.8, 4) is 5.75 Å². The third-order valence-electron chi connectivity index (χ3n) is 6.22. The monoisotopic (exact) mass is 350 g/mol. The van der Waals surface area contributed by atoms with Gasteiger partial charge in [-0.25, -0.2) is 0 Å². The molecule has 0 spiro atoms. The van der Waals surface area contributed by atoms with Crippen molar-refractivity contribution in [3.63, 3.8) is 0 Å². The topological polar surface area (TPSA) is 52.6 Å². The fraction of sp³-hybridized carbons (Fsp3) is 0.409. The number of hydrogen-bond donors (Lipinski definition) is 2. The van der Waals surface area contributed by atoms with Gasteiger partial charge in [0.1, 0.15) is 5.75 Å². The largest absolute Gasteiger partial charge is 0.508 e. The van der Waals surface area contributed by atoms with Crippen molar-refractivity contribution in [2.24, 2.45) is 0 Å². The number of rotatable bonds is 3. The highest BCUT2D eigenvalue weighted by Gasteiger charge is 2.46. The summed E-state index contributed by atoms with van der Waals surface area (Å²) in [6, 6.07) is 17.7. The zero-order chi connectivity index (χ0) is 18.1. The summed E-state index contributed by atoms with van der Waals surface area (Å²) in [6.45, 7) is 1.06. The SMILES string of the molecule is CN1CC[C@]2(c3cccc(O)c3)CC(NC(=O)c3ccccc3)CC1C2. The highest BCUT2D eigenvalue weighted by Crippen LogP contribution is 2.47. The quantitative estimate of drug-likeness (QED) is 0.893. The molecular formula is C22H26N2O2. The smallest absolute Gasteiger partial charge is 0.251 e. The summed E-state index contributed by atoms with van der Waals surface area (Å²) >= 11 is 0. The van der Waals surface area contributed by atoms with E-state index in [-0.39, 0.29) is 17.4 Å². The van der Waals surface area contributed by atoms with Crippen molar-refractivity contribution in [1.29, 1.82) is 0 Å². The molecule has 1 aliphatic carbocycles. The molecule has 0 aromatic heterocycles. The van der Waals surface area contributed by atoms with Gasteiger partial charge >= 0.3 is 0 Å². The Hall–Kier alpha value is -2.33. The second kappa shape index (κ2) is 6.76. The van der Waals surface area contributed by atoms with Crippen LogP contribution in [0.25, 0.3) is 0 Å². The molecule has 1 aliphatic heterocycles. The number of nitrogens with one attached hydrogen (secondary N) is 1. The molecule has 1 amide bonds. The molecule has 1 saturated heterocycles. The van der Waals surface area contributed by atoms with Crippen LogP contribution in [0.3, 0.4) is 0 Å². The lowest BCUT2D eigenvalue weighted by molar-refractivity contribution is 0.0506. The van der Waals surface area contributed by atoms with Gasteiger partial charge in [0.05, 0.1) is 0 Å². The molecule has 0 radical (unpaired) electrons. The van der Waals surface area contributed by atoms with Crippen LogP contribution in [0.5, 0.6) is 5.75 Å². The summed E-state index contributed by atoms with van der Waals surface area (Å²) in [7, 11) is 2.18. The number of hydrogen-bond acceptors (Lipinski definition) is 3. The van der Waals surface area contributed by atoms with Crippen molar-refractivity contribution in [2.75, 3.05) is 13.6 Å². The van der Waals surface area contributed by atoms with Gasteiger partial charge in [-0.3, -0.25) is 4.79 Å². The predicted molar refractivity (Wildman–Crippen MR) is 102 cm³/mol. The van der Waals surface area contributed by atoms with Crippen molar-refractivity contribution in [1.82, 2.24) is 10.2 Å². The minimum absolute atomic E-state index is 0.00397. The van der Waals surface area contributed by atoms with Crippen molar-refractivity contribution in [3.05, 3.63) is 65.7 Å². The maximum Gasteiger partial charge on any atom is 0.251 e. The molecular weight excluding hydrogens is 324 g/mol. The number of likely N-dealkylation sites (tertiary alicyclic amines) is 1. The molecule has 4 rings (SSSR count). The number of phenolic OH excluding ortho intramolecular Hbond substituents is 1. The van der Waals surface area contributed by atoms with Crippen LogP contribution in [-0.2, 0) is 5.41 Å². The highest BCUT2D eigenvalue weighted by atomic mass is 16.3. The van der Waals surface area contributed by atoms with Gasteiger partial charge in [0.15, 0.2) is 0 Å². The molecule has 4 nitrogen and oxygen atoms in total. The summed E-state index contributed by atoms with van der Waals surface area (Å²) in [5.74, 6) is 0.326. The van der Waals surface area contributed by atoms with E-state index in [4.69, 9.17) is 0 Å². The van der Waals surface area contributed by atoms with Crippen LogP contribution in [-0.4, -0.2) is 41.6 Å². The van der Waals surface area contributed by atoms with Gasteiger partial charge in [-0.1, -0.05) is 30.3 Å². The number of amides is 1. The molecule has 2 aliphatic rings. The van der Waals surface area contributed by atoms with Crippen LogP contribution in [0.4, 0.5) is 0 Å². The van der Waals surface area contributed by atoms with Crippen LogP contribution in [0, 0.1) is 0 Å². The number of nitrogens with zero attached hydrogens (tertiary/aromatic N) is 1. The molecule has 4 heteroatoms. The van der Waals surface area contributed by atoms with Crippen LogP contribution < -0.4 is 5.32 Å². The van der Waals surface area contributed by atoms with E-state index < -0.39 is 0 Å². The Kier molecular flexibility index (Phi) is 4.45. The predicted octanol–water partition coefficient (Wildman–Crippen LogP) is 3.32. The second-order valence-corrected chi connectivity index (χ2v) is 7.90. The van der Waals surface area contributed by atoms with Crippen molar-refractivity contribution >= 4 is 5.91 Å². The van der Waals surface area contributed by atoms with Crippen LogP contribution in [0.15, 0.2) is 54.6 Å². The van der Waals surface area contributed by atoms with Gasteiger partial charge in [0.25, 0.3) is 5.91 Å². The Balaban J connectivity index is 1.59. The summed E-state index contributed by atoms with van der Waals surface area (Å²) in [4.78, 5) is 15.1. The van der Waals surface area contributed by atoms with Crippen LogP contribution in [0.1, 0.15) is 41.6 Å². The Labute approximate surface area is 154 Å². The van der Waals surface area contributed by atoms with E-state index in [0.29, 0.717) is 17.4 Å². The number of phenols is 1. The molecule has 2 aromatic carbocycles. The fourth-order valence-corrected chi connectivity index (χ4v) is 4.80. The van der Waals surface area contributed by atoms with Gasteiger partial charge in [0.2, 0.25) is 0 Å². The molecule has 2 aromatic rings. The Morgan fingerprint density at radius 3 is 2.73 bits per heavy atom. The van der Waals surface area contributed by atoms with Crippen LogP contribution >= 0.6 is 0 Å². The Morgan fingerprint density at radius 1 is 1.15 bits per heavy atom. The van der Waals surface area contributed by atoms with Gasteiger partial charge in [-0.05, 0) is 69.1 Å². The lowest BCUT2D eigenvalue weighted by Crippen LogP contribution is -2.57. The minimum atomic E-state index is 0.00397. The van der Waals surface area contributed by atoms with E-state index >= 15 is 0 Å². The van der Waals surface area contributed by atoms with Crippen molar-refractivity contribution in [2.45, 2.75) is 43.2 Å². The third kappa shape index (κ3) is 3.21. The van der Waals surface area contributed by atoms with E-state index in [1.54, 1.807) is 6.07 Å². The van der Waals surface area contributed by atoms with E-state index in [0.717, 1.165) is 32.2 Å². The van der Waals surface area contributed by atoms with Gasteiger partial charge in [0, 0.05) is 23.1 Å². The Morgan fingerprint density at radius 2 is 1.96 bits per heavy atom. The summed E-state index contributed by atoms with van der Waals surface area (Å²) < 4.78 is 0. The maximum absolute atomic E-state index is 12.6. The number of aromatic hydroxyl groups is 1. The standard InChI is InChI=1S/C22H26N2O2/c1-24-11-10-22(17-8-5-9-20(25)12-17)14-18(13-19(24)15-22)23-21(26)16-6-3-2-4-7-16/h2-9,12,18-19,25H,10-11,13-15H2,1H3,(H,23,26)/t18?,19?,22-/m0/s1. The van der Waals surface area contributed by atoms with E-state index in [2.05, 4.69) is 23.3 Å². The molecule has 136 valence electrons. The van der Waals surface area contributed by atoms with E-state index in [1.165, 1.54) is 5.56 Å². The number of benzene rings is 2.